The number of carbonyl (C=O) groups excluding carboxylic acids is 1. The van der Waals surface area contributed by atoms with E-state index < -0.39 is 11.9 Å². The molecule has 1 atom stereocenters. The van der Waals surface area contributed by atoms with E-state index >= 15 is 0 Å². The van der Waals surface area contributed by atoms with Crippen molar-refractivity contribution in [1.29, 1.82) is 0 Å². The highest BCUT2D eigenvalue weighted by Crippen LogP contribution is 2.38. The van der Waals surface area contributed by atoms with Gasteiger partial charge >= 0.3 is 5.97 Å². The number of nitrogens with zero attached hydrogens (tertiary/aromatic N) is 1. The van der Waals surface area contributed by atoms with Crippen molar-refractivity contribution >= 4 is 40.4 Å². The largest absolute Gasteiger partial charge is 0.763 e. The molecule has 2 heterocycles. The van der Waals surface area contributed by atoms with Crippen molar-refractivity contribution < 1.29 is 9.53 Å². The molecule has 1 N–H and O–H groups in total. The van der Waals surface area contributed by atoms with Gasteiger partial charge in [0.2, 0.25) is 0 Å². The maximum absolute atomic E-state index is 12.3. The van der Waals surface area contributed by atoms with Crippen molar-refractivity contribution in [3.63, 3.8) is 0 Å². The number of carbonyl (C=O) groups is 1. The highest BCUT2D eigenvalue weighted by Gasteiger charge is 2.35. The summed E-state index contributed by atoms with van der Waals surface area (Å²) >= 11 is 6.69. The van der Waals surface area contributed by atoms with Gasteiger partial charge in [0.1, 0.15) is 11.6 Å². The second-order valence-electron chi connectivity index (χ2n) is 4.35. The molecule has 1 aliphatic heterocycles. The number of hydrogen-bond donors (Lipinski definition) is 1. The lowest BCUT2D eigenvalue weighted by Gasteiger charge is -2.29. The Bertz CT molecular complexity index is 668. The molecular formula is C15H13N2O2S2-. The van der Waals surface area contributed by atoms with Gasteiger partial charge in [-0.3, -0.25) is 5.87 Å². The highest BCUT2D eigenvalue weighted by molar-refractivity contribution is 7.80. The molecule has 21 heavy (non-hydrogen) atoms. The SMILES string of the molecule is C=CCOC(=O)C1=C(C)NC(=S)C(=C=[N-])C1c1cccs1. The fourth-order valence-electron chi connectivity index (χ4n) is 2.14. The fourth-order valence-corrected chi connectivity index (χ4v) is 3.30. The zero-order valence-corrected chi connectivity index (χ0v) is 13.0. The molecular weight excluding hydrogens is 304 g/mol. The smallest absolute Gasteiger partial charge is 0.337 e. The fraction of sp³-hybridized carbons (Fsp3) is 0.200. The van der Waals surface area contributed by atoms with Crippen LogP contribution in [0.4, 0.5) is 0 Å². The normalized spacial score (nSPS) is 18.0. The Morgan fingerprint density at radius 2 is 2.48 bits per heavy atom. The van der Waals surface area contributed by atoms with Gasteiger partial charge in [-0.2, -0.15) is 0 Å². The van der Waals surface area contributed by atoms with E-state index in [1.807, 2.05) is 17.5 Å². The van der Waals surface area contributed by atoms with Crippen molar-refractivity contribution in [1.82, 2.24) is 5.32 Å². The monoisotopic (exact) mass is 317 g/mol. The number of esters is 1. The maximum atomic E-state index is 12.3. The molecule has 1 aromatic heterocycles. The van der Waals surface area contributed by atoms with Crippen molar-refractivity contribution in [2.24, 2.45) is 0 Å². The first-order chi connectivity index (χ1) is 10.1. The van der Waals surface area contributed by atoms with E-state index in [2.05, 4.69) is 17.8 Å². The lowest BCUT2D eigenvalue weighted by atomic mass is 9.86. The number of rotatable bonds is 4. The number of hydrogen-bond acceptors (Lipinski definition) is 4. The molecule has 4 nitrogen and oxygen atoms in total. The summed E-state index contributed by atoms with van der Waals surface area (Å²) in [6, 6.07) is 3.76. The Balaban J connectivity index is 2.53. The number of thiophene rings is 1. The average Bonchev–Trinajstić information content (AvgIpc) is 2.97. The van der Waals surface area contributed by atoms with Crippen LogP contribution in [0.3, 0.4) is 0 Å². The average molecular weight is 317 g/mol. The van der Waals surface area contributed by atoms with E-state index in [4.69, 9.17) is 17.0 Å². The second kappa shape index (κ2) is 6.63. The van der Waals surface area contributed by atoms with E-state index in [9.17, 15) is 10.2 Å². The van der Waals surface area contributed by atoms with Crippen LogP contribution < -0.4 is 5.32 Å². The van der Waals surface area contributed by atoms with Gasteiger partial charge in [-0.05, 0) is 18.4 Å². The standard InChI is InChI=1S/C15H13N2O2S2/c1-3-6-19-15(18)12-9(2)17-14(20)10(8-16)13(12)11-5-4-7-21-11/h3-5,7,13H,1,6H2,2H3,(H,17,20)/q-1. The Kier molecular flexibility index (Phi) is 4.85. The lowest BCUT2D eigenvalue weighted by Crippen LogP contribution is -2.35. The van der Waals surface area contributed by atoms with Gasteiger partial charge in [0.25, 0.3) is 0 Å². The lowest BCUT2D eigenvalue weighted by molar-refractivity contribution is -0.138. The van der Waals surface area contributed by atoms with Crippen LogP contribution in [-0.2, 0) is 9.53 Å². The van der Waals surface area contributed by atoms with Crippen molar-refractivity contribution in [3.8, 4) is 0 Å². The van der Waals surface area contributed by atoms with Crippen molar-refractivity contribution in [3.05, 3.63) is 57.3 Å². The number of nitrogens with one attached hydrogen (secondary N) is 1. The number of ether oxygens (including phenoxy) is 1. The Morgan fingerprint density at radius 3 is 3.05 bits per heavy atom. The molecule has 0 bridgehead atoms. The van der Waals surface area contributed by atoms with Crippen LogP contribution in [0.15, 0.2) is 47.0 Å². The topological polar surface area (TPSA) is 60.6 Å². The van der Waals surface area contributed by atoms with Crippen LogP contribution in [-0.4, -0.2) is 23.4 Å². The van der Waals surface area contributed by atoms with Crippen molar-refractivity contribution in [2.75, 3.05) is 6.61 Å². The summed E-state index contributed by atoms with van der Waals surface area (Å²) in [6.45, 7) is 5.40. The quantitative estimate of drug-likeness (QED) is 0.305. The third-order valence-electron chi connectivity index (χ3n) is 3.03. The van der Waals surface area contributed by atoms with Gasteiger partial charge < -0.3 is 15.5 Å². The van der Waals surface area contributed by atoms with Gasteiger partial charge in [-0.25, -0.2) is 4.79 Å². The molecule has 0 aromatic carbocycles. The first-order valence-electron chi connectivity index (χ1n) is 6.20. The van der Waals surface area contributed by atoms with E-state index in [1.54, 1.807) is 6.92 Å². The third kappa shape index (κ3) is 3.03. The van der Waals surface area contributed by atoms with Gasteiger partial charge in [-0.15, -0.1) is 11.3 Å². The zero-order chi connectivity index (χ0) is 15.4. The second-order valence-corrected chi connectivity index (χ2v) is 5.74. The summed E-state index contributed by atoms with van der Waals surface area (Å²) < 4.78 is 5.14. The van der Waals surface area contributed by atoms with E-state index in [0.29, 0.717) is 21.8 Å². The zero-order valence-electron chi connectivity index (χ0n) is 11.4. The Labute approximate surface area is 132 Å². The van der Waals surface area contributed by atoms with Gasteiger partial charge in [0.05, 0.1) is 11.5 Å². The summed E-state index contributed by atoms with van der Waals surface area (Å²) in [5.74, 6) is 1.18. The minimum Gasteiger partial charge on any atom is -0.763 e. The molecule has 0 amide bonds. The molecule has 0 aliphatic carbocycles. The predicted octanol–water partition coefficient (Wildman–Crippen LogP) is 2.93. The molecule has 1 aromatic rings. The summed E-state index contributed by atoms with van der Waals surface area (Å²) in [5, 5.41) is 14.2. The van der Waals surface area contributed by atoms with Gasteiger partial charge in [-0.1, -0.05) is 30.9 Å². The highest BCUT2D eigenvalue weighted by atomic mass is 32.1. The summed E-state index contributed by atoms with van der Waals surface area (Å²) in [6.07, 6.45) is 1.50. The molecule has 0 saturated heterocycles. The first-order valence-corrected chi connectivity index (χ1v) is 7.49. The molecule has 2 rings (SSSR count). The van der Waals surface area contributed by atoms with Crippen molar-refractivity contribution in [2.45, 2.75) is 12.8 Å². The third-order valence-corrected chi connectivity index (χ3v) is 4.29. The number of allylic oxidation sites excluding steroid dienone is 1. The van der Waals surface area contributed by atoms with Crippen LogP contribution in [0.1, 0.15) is 17.7 Å². The van der Waals surface area contributed by atoms with E-state index in [-0.39, 0.29) is 6.61 Å². The first kappa shape index (κ1) is 15.4. The molecule has 108 valence electrons. The van der Waals surface area contributed by atoms with Gasteiger partial charge in [0, 0.05) is 16.1 Å². The Morgan fingerprint density at radius 1 is 1.71 bits per heavy atom. The molecule has 0 radical (unpaired) electrons. The molecule has 0 fully saturated rings. The molecule has 6 heteroatoms. The molecule has 0 saturated carbocycles. The summed E-state index contributed by atoms with van der Waals surface area (Å²) in [4.78, 5) is 13.6. The van der Waals surface area contributed by atoms with E-state index in [1.165, 1.54) is 17.4 Å². The van der Waals surface area contributed by atoms with Crippen LogP contribution >= 0.6 is 23.6 Å². The Hall–Kier alpha value is -2.01. The summed E-state index contributed by atoms with van der Waals surface area (Å²) in [7, 11) is 0. The molecule has 1 aliphatic rings. The molecule has 0 spiro atoms. The van der Waals surface area contributed by atoms with Crippen LogP contribution in [0, 0.1) is 0 Å². The minimum absolute atomic E-state index is 0.124. The summed E-state index contributed by atoms with van der Waals surface area (Å²) in [5.41, 5.74) is 1.40. The number of thiocarbonyl (C=S) groups is 1. The predicted molar refractivity (Wildman–Crippen MR) is 88.5 cm³/mol. The van der Waals surface area contributed by atoms with Crippen LogP contribution in [0.25, 0.3) is 5.41 Å². The minimum atomic E-state index is -0.471. The molecule has 1 unspecified atom stereocenters. The van der Waals surface area contributed by atoms with E-state index in [0.717, 1.165) is 4.88 Å². The van der Waals surface area contributed by atoms with Crippen LogP contribution in [0.2, 0.25) is 0 Å². The maximum Gasteiger partial charge on any atom is 0.337 e. The van der Waals surface area contributed by atoms with Crippen LogP contribution in [0.5, 0.6) is 0 Å². The van der Waals surface area contributed by atoms with Gasteiger partial charge in [0.15, 0.2) is 0 Å².